The fourth-order valence-electron chi connectivity index (χ4n) is 2.12. The van der Waals surface area contributed by atoms with Gasteiger partial charge in [-0.2, -0.15) is 0 Å². The molecule has 2 aromatic rings. The predicted octanol–water partition coefficient (Wildman–Crippen LogP) is 4.16. The molecular weight excluding hydrogens is 342 g/mol. The average molecular weight is 353 g/mol. The van der Waals surface area contributed by atoms with Crippen LogP contribution in [0, 0.1) is 0 Å². The normalized spacial score (nSPS) is 15.0. The molecule has 1 heterocycles. The van der Waals surface area contributed by atoms with E-state index in [9.17, 15) is 4.79 Å². The summed E-state index contributed by atoms with van der Waals surface area (Å²) in [4.78, 5) is 11.4. The molecule has 1 atom stereocenters. The van der Waals surface area contributed by atoms with Gasteiger partial charge in [0.2, 0.25) is 0 Å². The number of amides is 1. The predicted molar refractivity (Wildman–Crippen MR) is 82.8 cm³/mol. The molecule has 1 unspecified atom stereocenters. The van der Waals surface area contributed by atoms with E-state index in [0.717, 1.165) is 11.1 Å². The van der Waals surface area contributed by atoms with Crippen molar-refractivity contribution < 1.29 is 9.53 Å². The number of carbonyl (C=O) groups excluding carboxylic acids is 1. The Hall–Kier alpha value is -1.52. The Kier molecular flexibility index (Phi) is 3.68. The lowest BCUT2D eigenvalue weighted by atomic mass is 10.0. The van der Waals surface area contributed by atoms with Crippen molar-refractivity contribution in [1.82, 2.24) is 0 Å². The molecule has 1 aliphatic rings. The van der Waals surface area contributed by atoms with Gasteiger partial charge in [0.05, 0.1) is 10.5 Å². The van der Waals surface area contributed by atoms with E-state index in [-0.39, 0.29) is 17.3 Å². The van der Waals surface area contributed by atoms with E-state index in [2.05, 4.69) is 21.2 Å². The molecule has 1 N–H and O–H groups in total. The Morgan fingerprint density at radius 3 is 2.80 bits per heavy atom. The number of nitrogens with one attached hydrogen (secondary N) is 1. The van der Waals surface area contributed by atoms with Crippen molar-refractivity contribution in [2.24, 2.45) is 0 Å². The van der Waals surface area contributed by atoms with Crippen molar-refractivity contribution in [2.45, 2.75) is 4.83 Å². The van der Waals surface area contributed by atoms with Crippen molar-refractivity contribution in [1.29, 1.82) is 0 Å². The molecule has 3 rings (SSSR count). The second kappa shape index (κ2) is 5.46. The lowest BCUT2D eigenvalue weighted by molar-refractivity contribution is -0.118. The third kappa shape index (κ3) is 2.67. The SMILES string of the molecule is O=C1COc2ccc(C(Br)c3cccc(Cl)c3)cc2N1. The number of hydrogen-bond donors (Lipinski definition) is 1. The van der Waals surface area contributed by atoms with Gasteiger partial charge in [-0.15, -0.1) is 0 Å². The van der Waals surface area contributed by atoms with Gasteiger partial charge in [-0.3, -0.25) is 4.79 Å². The van der Waals surface area contributed by atoms with Crippen LogP contribution in [-0.2, 0) is 4.79 Å². The van der Waals surface area contributed by atoms with Crippen LogP contribution in [0.1, 0.15) is 16.0 Å². The van der Waals surface area contributed by atoms with Gasteiger partial charge in [0.1, 0.15) is 5.75 Å². The minimum atomic E-state index is -0.136. The van der Waals surface area contributed by atoms with Gasteiger partial charge in [-0.25, -0.2) is 0 Å². The number of carbonyl (C=O) groups is 1. The van der Waals surface area contributed by atoms with Gasteiger partial charge in [0.25, 0.3) is 5.91 Å². The number of benzene rings is 2. The van der Waals surface area contributed by atoms with Gasteiger partial charge in [0.15, 0.2) is 6.61 Å². The Bertz CT molecular complexity index is 675. The molecule has 0 fully saturated rings. The second-order valence-electron chi connectivity index (χ2n) is 4.51. The van der Waals surface area contributed by atoms with E-state index in [1.807, 2.05) is 42.5 Å². The smallest absolute Gasteiger partial charge is 0.262 e. The number of ether oxygens (including phenoxy) is 1. The highest BCUT2D eigenvalue weighted by Gasteiger charge is 2.18. The van der Waals surface area contributed by atoms with E-state index in [1.54, 1.807) is 0 Å². The first-order chi connectivity index (χ1) is 9.63. The molecule has 102 valence electrons. The van der Waals surface area contributed by atoms with E-state index >= 15 is 0 Å². The molecule has 2 aromatic carbocycles. The summed E-state index contributed by atoms with van der Waals surface area (Å²) in [6.07, 6.45) is 0. The Labute approximate surface area is 130 Å². The van der Waals surface area contributed by atoms with Crippen molar-refractivity contribution in [3.05, 3.63) is 58.6 Å². The summed E-state index contributed by atoms with van der Waals surface area (Å²) in [6, 6.07) is 13.4. The minimum absolute atomic E-state index is 0.00493. The summed E-state index contributed by atoms with van der Waals surface area (Å²) in [5.74, 6) is 0.558. The van der Waals surface area contributed by atoms with Gasteiger partial charge in [0, 0.05) is 5.02 Å². The fraction of sp³-hybridized carbons (Fsp3) is 0.133. The maximum absolute atomic E-state index is 11.4. The Morgan fingerprint density at radius 2 is 2.00 bits per heavy atom. The highest BCUT2D eigenvalue weighted by Crippen LogP contribution is 2.37. The number of rotatable bonds is 2. The number of anilines is 1. The van der Waals surface area contributed by atoms with Crippen LogP contribution in [0.4, 0.5) is 5.69 Å². The standard InChI is InChI=1S/C15H11BrClNO2/c16-15(9-2-1-3-11(17)6-9)10-4-5-13-12(7-10)18-14(19)8-20-13/h1-7,15H,8H2,(H,18,19). The van der Waals surface area contributed by atoms with E-state index in [4.69, 9.17) is 16.3 Å². The molecule has 0 saturated heterocycles. The maximum atomic E-state index is 11.4. The quantitative estimate of drug-likeness (QED) is 0.824. The molecule has 20 heavy (non-hydrogen) atoms. The van der Waals surface area contributed by atoms with Crippen LogP contribution in [0.5, 0.6) is 5.75 Å². The van der Waals surface area contributed by atoms with Gasteiger partial charge < -0.3 is 10.1 Å². The lowest BCUT2D eigenvalue weighted by Gasteiger charge is -2.20. The fourth-order valence-corrected chi connectivity index (χ4v) is 2.88. The molecule has 0 aromatic heterocycles. The van der Waals surface area contributed by atoms with Crippen molar-refractivity contribution in [3.63, 3.8) is 0 Å². The molecular formula is C15H11BrClNO2. The van der Waals surface area contributed by atoms with Crippen LogP contribution in [0.15, 0.2) is 42.5 Å². The number of fused-ring (bicyclic) bond motifs is 1. The molecule has 0 saturated carbocycles. The van der Waals surface area contributed by atoms with Crippen molar-refractivity contribution in [2.75, 3.05) is 11.9 Å². The Balaban J connectivity index is 1.94. The van der Waals surface area contributed by atoms with Gasteiger partial charge in [-0.1, -0.05) is 45.7 Å². The topological polar surface area (TPSA) is 38.3 Å². The molecule has 1 amide bonds. The summed E-state index contributed by atoms with van der Waals surface area (Å²) in [7, 11) is 0. The summed E-state index contributed by atoms with van der Waals surface area (Å²) in [5.41, 5.74) is 2.78. The molecule has 0 spiro atoms. The first kappa shape index (κ1) is 13.5. The lowest BCUT2D eigenvalue weighted by Crippen LogP contribution is -2.25. The third-order valence-corrected chi connectivity index (χ3v) is 4.36. The number of alkyl halides is 1. The maximum Gasteiger partial charge on any atom is 0.262 e. The zero-order valence-electron chi connectivity index (χ0n) is 10.4. The van der Waals surface area contributed by atoms with E-state index in [0.29, 0.717) is 16.5 Å². The molecule has 0 radical (unpaired) electrons. The number of halogens is 2. The van der Waals surface area contributed by atoms with Crippen molar-refractivity contribution in [3.8, 4) is 5.75 Å². The first-order valence-electron chi connectivity index (χ1n) is 6.09. The van der Waals surface area contributed by atoms with Crippen LogP contribution in [0.2, 0.25) is 5.02 Å². The van der Waals surface area contributed by atoms with Crippen LogP contribution < -0.4 is 10.1 Å². The first-order valence-corrected chi connectivity index (χ1v) is 7.39. The summed E-state index contributed by atoms with van der Waals surface area (Å²) in [5, 5.41) is 3.50. The highest BCUT2D eigenvalue weighted by atomic mass is 79.9. The molecule has 5 heteroatoms. The number of hydrogen-bond acceptors (Lipinski definition) is 2. The van der Waals surface area contributed by atoms with Crippen LogP contribution in [-0.4, -0.2) is 12.5 Å². The monoisotopic (exact) mass is 351 g/mol. The van der Waals surface area contributed by atoms with E-state index < -0.39 is 0 Å². The Morgan fingerprint density at radius 1 is 1.20 bits per heavy atom. The molecule has 0 aliphatic carbocycles. The summed E-state index contributed by atoms with van der Waals surface area (Å²) < 4.78 is 5.35. The third-order valence-electron chi connectivity index (χ3n) is 3.07. The van der Waals surface area contributed by atoms with Crippen LogP contribution >= 0.6 is 27.5 Å². The van der Waals surface area contributed by atoms with Crippen LogP contribution in [0.3, 0.4) is 0 Å². The molecule has 3 nitrogen and oxygen atoms in total. The zero-order chi connectivity index (χ0) is 14.1. The van der Waals surface area contributed by atoms with Gasteiger partial charge >= 0.3 is 0 Å². The largest absolute Gasteiger partial charge is 0.482 e. The van der Waals surface area contributed by atoms with Crippen LogP contribution in [0.25, 0.3) is 0 Å². The molecule has 0 bridgehead atoms. The summed E-state index contributed by atoms with van der Waals surface area (Å²) in [6.45, 7) is 0.0678. The molecule has 1 aliphatic heterocycles. The summed E-state index contributed by atoms with van der Waals surface area (Å²) >= 11 is 9.67. The highest BCUT2D eigenvalue weighted by molar-refractivity contribution is 9.09. The average Bonchev–Trinajstić information content (AvgIpc) is 2.45. The zero-order valence-corrected chi connectivity index (χ0v) is 12.7. The second-order valence-corrected chi connectivity index (χ2v) is 5.86. The van der Waals surface area contributed by atoms with Crippen molar-refractivity contribution >= 4 is 39.1 Å². The van der Waals surface area contributed by atoms with Gasteiger partial charge in [-0.05, 0) is 35.4 Å². The minimum Gasteiger partial charge on any atom is -0.482 e. The van der Waals surface area contributed by atoms with E-state index in [1.165, 1.54) is 0 Å².